The lowest BCUT2D eigenvalue weighted by molar-refractivity contribution is -0.132. The number of hydrogen-bond donors (Lipinski definition) is 2. The summed E-state index contributed by atoms with van der Waals surface area (Å²) in [6.07, 6.45) is 1.80. The quantitative estimate of drug-likeness (QED) is 0.427. The maximum atomic E-state index is 13.2. The number of amides is 1. The summed E-state index contributed by atoms with van der Waals surface area (Å²) < 4.78 is 29.1. The fraction of sp³-hybridized carbons (Fsp3) is 0.211. The number of carbonyl (C=O) groups excluding carboxylic acids is 1. The van der Waals surface area contributed by atoms with Crippen LogP contribution in [0.4, 0.5) is 0 Å². The lowest BCUT2D eigenvalue weighted by Gasteiger charge is -2.22. The van der Waals surface area contributed by atoms with Crippen LogP contribution in [0.15, 0.2) is 59.6 Å². The molecule has 1 fully saturated rings. The molecule has 12 heteroatoms. The van der Waals surface area contributed by atoms with Gasteiger partial charge in [-0.2, -0.15) is 4.31 Å². The third kappa shape index (κ3) is 4.17. The first-order chi connectivity index (χ1) is 14.8. The van der Waals surface area contributed by atoms with Crippen LogP contribution in [0.3, 0.4) is 0 Å². The topological polar surface area (TPSA) is 117 Å². The van der Waals surface area contributed by atoms with Gasteiger partial charge >= 0.3 is 0 Å². The Morgan fingerprint density at radius 1 is 1.13 bits per heavy atom. The standard InChI is InChI=1S/C19H17Cl2N5O4S/c20-15-7-6-14(9-16(15)21)31(29,30)26-10-13(8-18(26)19(27)23-28)25-11-17(22-24-25)12-4-2-1-3-5-12/h1-7,9,11,13,18,28H,8,10H2,(H,23,27)/t13-,18?/m1/s1. The van der Waals surface area contributed by atoms with E-state index in [2.05, 4.69) is 10.3 Å². The van der Waals surface area contributed by atoms with Crippen molar-refractivity contribution in [3.05, 3.63) is 64.8 Å². The second kappa shape index (κ2) is 8.56. The molecule has 0 bridgehead atoms. The number of carbonyl (C=O) groups is 1. The van der Waals surface area contributed by atoms with Gasteiger partial charge < -0.3 is 0 Å². The Kier molecular flexibility index (Phi) is 6.00. The van der Waals surface area contributed by atoms with E-state index in [4.69, 9.17) is 28.4 Å². The van der Waals surface area contributed by atoms with Gasteiger partial charge in [0.25, 0.3) is 5.91 Å². The minimum absolute atomic E-state index is 0.0434. The molecule has 1 saturated heterocycles. The van der Waals surface area contributed by atoms with E-state index in [9.17, 15) is 13.2 Å². The molecule has 0 radical (unpaired) electrons. The van der Waals surface area contributed by atoms with Crippen molar-refractivity contribution in [2.75, 3.05) is 6.54 Å². The molecule has 2 aromatic carbocycles. The molecule has 31 heavy (non-hydrogen) atoms. The Bertz CT molecular complexity index is 1220. The molecular weight excluding hydrogens is 465 g/mol. The minimum Gasteiger partial charge on any atom is -0.289 e. The first-order valence-electron chi connectivity index (χ1n) is 9.19. The summed E-state index contributed by atoms with van der Waals surface area (Å²) in [5.74, 6) is -0.838. The lowest BCUT2D eigenvalue weighted by atomic mass is 10.1. The predicted octanol–water partition coefficient (Wildman–Crippen LogP) is 2.76. The fourth-order valence-corrected chi connectivity index (χ4v) is 5.55. The summed E-state index contributed by atoms with van der Waals surface area (Å²) in [5.41, 5.74) is 3.02. The molecule has 9 nitrogen and oxygen atoms in total. The molecule has 1 amide bonds. The van der Waals surface area contributed by atoms with E-state index in [-0.39, 0.29) is 27.9 Å². The van der Waals surface area contributed by atoms with E-state index in [1.807, 2.05) is 30.3 Å². The second-order valence-electron chi connectivity index (χ2n) is 6.98. The van der Waals surface area contributed by atoms with Crippen LogP contribution < -0.4 is 5.48 Å². The number of hydrogen-bond acceptors (Lipinski definition) is 6. The van der Waals surface area contributed by atoms with Crippen LogP contribution in [0, 0.1) is 0 Å². The zero-order valence-corrected chi connectivity index (χ0v) is 18.2. The molecule has 2 heterocycles. The molecule has 3 aromatic rings. The van der Waals surface area contributed by atoms with E-state index in [1.165, 1.54) is 22.9 Å². The Morgan fingerprint density at radius 2 is 1.87 bits per heavy atom. The average molecular weight is 482 g/mol. The monoisotopic (exact) mass is 481 g/mol. The SMILES string of the molecule is O=C(NO)C1C[C@@H](n2cc(-c3ccccc3)nn2)CN1S(=O)(=O)c1ccc(Cl)c(Cl)c1. The number of aromatic nitrogens is 3. The summed E-state index contributed by atoms with van der Waals surface area (Å²) in [6.45, 7) is -0.0434. The van der Waals surface area contributed by atoms with Crippen molar-refractivity contribution in [3.8, 4) is 11.3 Å². The number of benzene rings is 2. The summed E-state index contributed by atoms with van der Waals surface area (Å²) >= 11 is 11.9. The van der Waals surface area contributed by atoms with Gasteiger partial charge in [0.2, 0.25) is 10.0 Å². The molecule has 0 spiro atoms. The Morgan fingerprint density at radius 3 is 2.55 bits per heavy atom. The normalized spacial score (nSPS) is 19.5. The summed E-state index contributed by atoms with van der Waals surface area (Å²) in [5, 5.41) is 17.7. The average Bonchev–Trinajstić information content (AvgIpc) is 3.43. The van der Waals surface area contributed by atoms with Crippen LogP contribution in [0.2, 0.25) is 10.0 Å². The van der Waals surface area contributed by atoms with E-state index >= 15 is 0 Å². The number of sulfonamides is 1. The van der Waals surface area contributed by atoms with E-state index in [1.54, 1.807) is 11.7 Å². The first kappa shape index (κ1) is 21.7. The Balaban J connectivity index is 1.66. The summed E-state index contributed by atoms with van der Waals surface area (Å²) in [6, 6.07) is 11.7. The molecule has 2 N–H and O–H groups in total. The molecule has 0 saturated carbocycles. The fourth-order valence-electron chi connectivity index (χ4n) is 3.52. The third-order valence-electron chi connectivity index (χ3n) is 5.10. The lowest BCUT2D eigenvalue weighted by Crippen LogP contribution is -2.45. The van der Waals surface area contributed by atoms with Gasteiger partial charge in [-0.1, -0.05) is 58.7 Å². The molecule has 2 atom stereocenters. The summed E-state index contributed by atoms with van der Waals surface area (Å²) in [4.78, 5) is 12.2. The van der Waals surface area contributed by atoms with Gasteiger partial charge in [-0.25, -0.2) is 18.6 Å². The van der Waals surface area contributed by atoms with Crippen molar-refractivity contribution in [2.45, 2.75) is 23.4 Å². The van der Waals surface area contributed by atoms with Crippen LogP contribution in [0.5, 0.6) is 0 Å². The van der Waals surface area contributed by atoms with Crippen LogP contribution in [0.25, 0.3) is 11.3 Å². The number of rotatable bonds is 5. The van der Waals surface area contributed by atoms with Crippen molar-refractivity contribution in [2.24, 2.45) is 0 Å². The Hall–Kier alpha value is -2.50. The van der Waals surface area contributed by atoms with Crippen molar-refractivity contribution in [3.63, 3.8) is 0 Å². The Labute approximate surface area is 188 Å². The van der Waals surface area contributed by atoms with Gasteiger partial charge in [0, 0.05) is 12.1 Å². The van der Waals surface area contributed by atoms with E-state index < -0.39 is 28.0 Å². The van der Waals surface area contributed by atoms with E-state index in [0.29, 0.717) is 5.69 Å². The molecule has 1 unspecified atom stereocenters. The number of nitrogens with zero attached hydrogens (tertiary/aromatic N) is 4. The summed E-state index contributed by atoms with van der Waals surface area (Å²) in [7, 11) is -4.11. The van der Waals surface area contributed by atoms with Crippen molar-refractivity contribution in [1.29, 1.82) is 0 Å². The van der Waals surface area contributed by atoms with Crippen LogP contribution in [0.1, 0.15) is 12.5 Å². The molecule has 162 valence electrons. The number of hydroxylamine groups is 1. The predicted molar refractivity (Wildman–Crippen MR) is 113 cm³/mol. The van der Waals surface area contributed by atoms with Crippen LogP contribution in [-0.4, -0.2) is 51.4 Å². The zero-order chi connectivity index (χ0) is 22.2. The van der Waals surface area contributed by atoms with Gasteiger partial charge in [-0.05, 0) is 24.6 Å². The van der Waals surface area contributed by atoms with Crippen LogP contribution in [-0.2, 0) is 14.8 Å². The van der Waals surface area contributed by atoms with Gasteiger partial charge in [-0.15, -0.1) is 5.10 Å². The molecule has 4 rings (SSSR count). The molecule has 1 aliphatic rings. The smallest absolute Gasteiger partial charge is 0.261 e. The largest absolute Gasteiger partial charge is 0.289 e. The van der Waals surface area contributed by atoms with Gasteiger partial charge in [0.05, 0.1) is 27.2 Å². The first-order valence-corrected chi connectivity index (χ1v) is 11.4. The minimum atomic E-state index is -4.11. The zero-order valence-electron chi connectivity index (χ0n) is 15.9. The maximum absolute atomic E-state index is 13.2. The highest BCUT2D eigenvalue weighted by atomic mass is 35.5. The highest BCUT2D eigenvalue weighted by Crippen LogP contribution is 2.34. The second-order valence-corrected chi connectivity index (χ2v) is 9.69. The molecular formula is C19H17Cl2N5O4S. The number of nitrogens with one attached hydrogen (secondary N) is 1. The maximum Gasteiger partial charge on any atom is 0.261 e. The highest BCUT2D eigenvalue weighted by molar-refractivity contribution is 7.89. The van der Waals surface area contributed by atoms with E-state index in [0.717, 1.165) is 9.87 Å². The van der Waals surface area contributed by atoms with Gasteiger partial charge in [0.15, 0.2) is 0 Å². The molecule has 1 aromatic heterocycles. The van der Waals surface area contributed by atoms with Gasteiger partial charge in [-0.3, -0.25) is 10.0 Å². The molecule has 1 aliphatic heterocycles. The highest BCUT2D eigenvalue weighted by Gasteiger charge is 2.45. The van der Waals surface area contributed by atoms with Crippen molar-refractivity contribution in [1.82, 2.24) is 24.8 Å². The molecule has 0 aliphatic carbocycles. The number of halogens is 2. The van der Waals surface area contributed by atoms with Crippen LogP contribution >= 0.6 is 23.2 Å². The van der Waals surface area contributed by atoms with Crippen molar-refractivity contribution >= 4 is 39.1 Å². The third-order valence-corrected chi connectivity index (χ3v) is 7.71. The van der Waals surface area contributed by atoms with Crippen molar-refractivity contribution < 1.29 is 18.4 Å². The van der Waals surface area contributed by atoms with Gasteiger partial charge in [0.1, 0.15) is 11.7 Å².